The minimum atomic E-state index is -2.07. The molecule has 1 saturated heterocycles. The number of nitrogens with zero attached hydrogens (tertiary/aromatic N) is 1. The van der Waals surface area contributed by atoms with Crippen molar-refractivity contribution in [3.8, 4) is 5.75 Å². The SMILES string of the molecule is C=C(C=CCC)OC(=O)[C@@H]1CCCN(C(=O)[C@H](Cc2cccc(O[Si](C)(C)C(C)(C)C)c2)NC(=O)[C@@H](N)C(C)C)N1. The van der Waals surface area contributed by atoms with E-state index in [0.29, 0.717) is 19.4 Å². The van der Waals surface area contributed by atoms with Crippen LogP contribution in [0, 0.1) is 5.92 Å². The number of carbonyl (C=O) groups excluding carboxylic acids is 3. The van der Waals surface area contributed by atoms with Crippen LogP contribution in [0.5, 0.6) is 5.75 Å². The number of hydrogen-bond acceptors (Lipinski definition) is 7. The topological polar surface area (TPSA) is 123 Å². The molecule has 4 N–H and O–H groups in total. The van der Waals surface area contributed by atoms with Gasteiger partial charge in [0.2, 0.25) is 14.2 Å². The summed E-state index contributed by atoms with van der Waals surface area (Å²) in [6.07, 6.45) is 5.63. The van der Waals surface area contributed by atoms with Crippen LogP contribution in [0.1, 0.15) is 66.4 Å². The molecule has 0 spiro atoms. The first-order valence-electron chi connectivity index (χ1n) is 14.5. The van der Waals surface area contributed by atoms with E-state index in [-0.39, 0.29) is 29.0 Å². The number of hydrogen-bond donors (Lipinski definition) is 3. The number of ether oxygens (including phenoxy) is 1. The van der Waals surface area contributed by atoms with Gasteiger partial charge in [-0.15, -0.1) is 0 Å². The van der Waals surface area contributed by atoms with Crippen molar-refractivity contribution in [2.24, 2.45) is 11.7 Å². The Morgan fingerprint density at radius 1 is 1.27 bits per heavy atom. The van der Waals surface area contributed by atoms with Crippen LogP contribution in [0.3, 0.4) is 0 Å². The van der Waals surface area contributed by atoms with Crippen molar-refractivity contribution in [2.45, 2.75) is 103 Å². The summed E-state index contributed by atoms with van der Waals surface area (Å²) < 4.78 is 11.8. The zero-order valence-corrected chi connectivity index (χ0v) is 27.1. The number of nitrogens with two attached hydrogens (primary N) is 1. The molecule has 228 valence electrons. The van der Waals surface area contributed by atoms with Gasteiger partial charge in [-0.2, -0.15) is 0 Å². The van der Waals surface area contributed by atoms with Gasteiger partial charge in [0.25, 0.3) is 5.91 Å². The molecular formula is C31H50N4O5Si. The Balaban J connectivity index is 2.26. The average Bonchev–Trinajstić information content (AvgIpc) is 2.89. The molecule has 1 aliphatic heterocycles. The number of hydrazine groups is 1. The van der Waals surface area contributed by atoms with Gasteiger partial charge in [0.1, 0.15) is 23.6 Å². The third kappa shape index (κ3) is 10.1. The van der Waals surface area contributed by atoms with Gasteiger partial charge < -0.3 is 20.2 Å². The summed E-state index contributed by atoms with van der Waals surface area (Å²) in [7, 11) is -2.07. The molecule has 0 bridgehead atoms. The first kappa shape index (κ1) is 34.2. The van der Waals surface area contributed by atoms with E-state index in [0.717, 1.165) is 17.7 Å². The van der Waals surface area contributed by atoms with E-state index < -0.39 is 38.3 Å². The van der Waals surface area contributed by atoms with Crippen LogP contribution in [0.4, 0.5) is 0 Å². The minimum Gasteiger partial charge on any atom is -0.543 e. The molecule has 9 nitrogen and oxygen atoms in total. The van der Waals surface area contributed by atoms with Crippen LogP contribution in [0.15, 0.2) is 48.8 Å². The zero-order chi connectivity index (χ0) is 31.0. The maximum absolute atomic E-state index is 13.8. The Morgan fingerprint density at radius 3 is 2.56 bits per heavy atom. The van der Waals surface area contributed by atoms with E-state index in [9.17, 15) is 14.4 Å². The van der Waals surface area contributed by atoms with Crippen molar-refractivity contribution < 1.29 is 23.5 Å². The van der Waals surface area contributed by atoms with Gasteiger partial charge in [-0.1, -0.05) is 66.3 Å². The van der Waals surface area contributed by atoms with Crippen molar-refractivity contribution in [3.63, 3.8) is 0 Å². The fourth-order valence-electron chi connectivity index (χ4n) is 3.98. The lowest BCUT2D eigenvalue weighted by Gasteiger charge is -2.36. The highest BCUT2D eigenvalue weighted by Crippen LogP contribution is 2.37. The van der Waals surface area contributed by atoms with Gasteiger partial charge in [-0.3, -0.25) is 14.6 Å². The molecule has 2 rings (SSSR count). The zero-order valence-electron chi connectivity index (χ0n) is 26.1. The molecule has 3 atom stereocenters. The highest BCUT2D eigenvalue weighted by Gasteiger charge is 2.39. The molecule has 1 aromatic carbocycles. The molecule has 10 heteroatoms. The Labute approximate surface area is 247 Å². The Bertz CT molecular complexity index is 1110. The Morgan fingerprint density at radius 2 is 1.95 bits per heavy atom. The molecule has 0 unspecified atom stereocenters. The van der Waals surface area contributed by atoms with E-state index in [1.54, 1.807) is 6.08 Å². The molecule has 1 heterocycles. The molecule has 2 amide bonds. The monoisotopic (exact) mass is 586 g/mol. The maximum Gasteiger partial charge on any atom is 0.330 e. The van der Waals surface area contributed by atoms with Crippen molar-refractivity contribution in [1.29, 1.82) is 0 Å². The summed E-state index contributed by atoms with van der Waals surface area (Å²) in [5.74, 6) is -0.386. The summed E-state index contributed by atoms with van der Waals surface area (Å²) in [6, 6.07) is 5.26. The third-order valence-electron chi connectivity index (χ3n) is 7.66. The van der Waals surface area contributed by atoms with Crippen LogP contribution in [0.25, 0.3) is 0 Å². The number of nitrogens with one attached hydrogen (secondary N) is 2. The first-order chi connectivity index (χ1) is 19.1. The molecule has 1 aliphatic rings. The van der Waals surface area contributed by atoms with Gasteiger partial charge in [-0.05, 0) is 67.1 Å². The molecule has 0 aromatic heterocycles. The second-order valence-electron chi connectivity index (χ2n) is 12.6. The van der Waals surface area contributed by atoms with Crippen LogP contribution < -0.4 is 20.9 Å². The quantitative estimate of drug-likeness (QED) is 0.142. The molecule has 0 radical (unpaired) electrons. The van der Waals surface area contributed by atoms with Crippen LogP contribution >= 0.6 is 0 Å². The minimum absolute atomic E-state index is 0.0265. The van der Waals surface area contributed by atoms with E-state index in [2.05, 4.69) is 51.2 Å². The molecule has 0 saturated carbocycles. The fraction of sp³-hybridized carbons (Fsp3) is 0.581. The predicted molar refractivity (Wildman–Crippen MR) is 165 cm³/mol. The second kappa shape index (κ2) is 14.8. The molecule has 0 aliphatic carbocycles. The highest BCUT2D eigenvalue weighted by molar-refractivity contribution is 6.74. The summed E-state index contributed by atoms with van der Waals surface area (Å²) >= 11 is 0. The summed E-state index contributed by atoms with van der Waals surface area (Å²) in [5, 5.41) is 4.30. The van der Waals surface area contributed by atoms with E-state index >= 15 is 0 Å². The maximum atomic E-state index is 13.8. The third-order valence-corrected chi connectivity index (χ3v) is 12.0. The van der Waals surface area contributed by atoms with Crippen LogP contribution in [-0.4, -0.2) is 55.8 Å². The van der Waals surface area contributed by atoms with Crippen LogP contribution in [0.2, 0.25) is 18.1 Å². The lowest BCUT2D eigenvalue weighted by molar-refractivity contribution is -0.149. The lowest BCUT2D eigenvalue weighted by atomic mass is 10.0. The number of allylic oxidation sites excluding steroid dienone is 2. The Kier molecular flexibility index (Phi) is 12.4. The number of rotatable bonds is 12. The summed E-state index contributed by atoms with van der Waals surface area (Å²) in [6.45, 7) is 20.7. The first-order valence-corrected chi connectivity index (χ1v) is 17.4. The van der Waals surface area contributed by atoms with Gasteiger partial charge in [0.15, 0.2) is 0 Å². The average molecular weight is 587 g/mol. The number of esters is 1. The van der Waals surface area contributed by atoms with Gasteiger partial charge in [0.05, 0.1) is 6.04 Å². The largest absolute Gasteiger partial charge is 0.543 e. The summed E-state index contributed by atoms with van der Waals surface area (Å²) in [5.41, 5.74) is 9.96. The van der Waals surface area contributed by atoms with Crippen molar-refractivity contribution in [2.75, 3.05) is 6.54 Å². The van der Waals surface area contributed by atoms with Gasteiger partial charge in [0, 0.05) is 13.0 Å². The van der Waals surface area contributed by atoms with Crippen LogP contribution in [-0.2, 0) is 25.5 Å². The number of benzene rings is 1. The molecule has 1 fully saturated rings. The van der Waals surface area contributed by atoms with Crippen molar-refractivity contribution in [3.05, 3.63) is 54.3 Å². The lowest BCUT2D eigenvalue weighted by Crippen LogP contribution is -2.61. The molecule has 1 aromatic rings. The van der Waals surface area contributed by atoms with E-state index in [4.69, 9.17) is 14.9 Å². The van der Waals surface area contributed by atoms with E-state index in [1.807, 2.05) is 51.1 Å². The standard InChI is InChI=1S/C31H50N4O5Si/c1-10-11-14-22(4)39-30(38)25-17-13-18-35(34-25)29(37)26(33-28(36)27(32)21(2)3)20-23-15-12-16-24(19-23)40-41(8,9)31(5,6)7/h11-12,14-16,19,21,25-27,34H,4,10,13,17-18,20,32H2,1-3,5-9H3,(H,33,36)/t25-,26-,27-/m0/s1. The Hall–Kier alpha value is -2.95. The van der Waals surface area contributed by atoms with Gasteiger partial charge >= 0.3 is 5.97 Å². The summed E-state index contributed by atoms with van der Waals surface area (Å²) in [4.78, 5) is 39.5. The highest BCUT2D eigenvalue weighted by atomic mass is 28.4. The van der Waals surface area contributed by atoms with Crippen molar-refractivity contribution >= 4 is 26.1 Å². The number of amides is 2. The second-order valence-corrected chi connectivity index (χ2v) is 17.3. The van der Waals surface area contributed by atoms with Gasteiger partial charge in [-0.25, -0.2) is 10.2 Å². The molecular weight excluding hydrogens is 536 g/mol. The predicted octanol–water partition coefficient (Wildman–Crippen LogP) is 4.60. The van der Waals surface area contributed by atoms with E-state index in [1.165, 1.54) is 5.01 Å². The van der Waals surface area contributed by atoms with Crippen molar-refractivity contribution in [1.82, 2.24) is 15.8 Å². The molecule has 41 heavy (non-hydrogen) atoms. The number of carbonyl (C=O) groups is 3. The normalized spacial score (nSPS) is 17.7. The fourth-order valence-corrected chi connectivity index (χ4v) is 5.00. The smallest absolute Gasteiger partial charge is 0.330 e.